The molecule has 0 aliphatic rings. The maximum Gasteiger partial charge on any atom is 0.138 e. The topological polar surface area (TPSA) is 38.0 Å². The van der Waals surface area contributed by atoms with E-state index < -0.39 is 0 Å². The molecule has 0 amide bonds. The molecule has 1 atom stereocenters. The fourth-order valence-electron chi connectivity index (χ4n) is 0.986. The van der Waals surface area contributed by atoms with Crippen molar-refractivity contribution >= 4 is 11.3 Å². The standard InChI is InChI=1S/C9H11FN2S/c1-2-3-4-8(12-11)9-7(10)5-6-13-9/h5-6,8,12H,4,11H2,1H3. The van der Waals surface area contributed by atoms with Crippen LogP contribution in [0.1, 0.15) is 24.3 Å². The maximum atomic E-state index is 13.1. The van der Waals surface area contributed by atoms with Crippen molar-refractivity contribution in [1.29, 1.82) is 0 Å². The molecule has 1 aromatic heterocycles. The van der Waals surface area contributed by atoms with Gasteiger partial charge in [0.05, 0.1) is 10.9 Å². The maximum absolute atomic E-state index is 13.1. The normalized spacial score (nSPS) is 11.9. The van der Waals surface area contributed by atoms with E-state index in [1.165, 1.54) is 17.4 Å². The first-order valence-corrected chi connectivity index (χ1v) is 4.76. The van der Waals surface area contributed by atoms with Crippen LogP contribution >= 0.6 is 11.3 Å². The van der Waals surface area contributed by atoms with E-state index in [9.17, 15) is 4.39 Å². The molecule has 0 aliphatic carbocycles. The summed E-state index contributed by atoms with van der Waals surface area (Å²) in [5.74, 6) is 10.7. The Labute approximate surface area is 80.9 Å². The molecule has 0 fully saturated rings. The lowest BCUT2D eigenvalue weighted by Gasteiger charge is -2.10. The Morgan fingerprint density at radius 3 is 3.00 bits per heavy atom. The quantitative estimate of drug-likeness (QED) is 0.441. The molecule has 0 bridgehead atoms. The molecule has 1 unspecified atom stereocenters. The summed E-state index contributed by atoms with van der Waals surface area (Å²) in [5, 5.41) is 1.70. The van der Waals surface area contributed by atoms with Gasteiger partial charge in [0, 0.05) is 6.42 Å². The zero-order valence-corrected chi connectivity index (χ0v) is 8.12. The minimum atomic E-state index is -0.217. The van der Waals surface area contributed by atoms with Crippen LogP contribution in [0.25, 0.3) is 0 Å². The smallest absolute Gasteiger partial charge is 0.138 e. The largest absolute Gasteiger partial charge is 0.271 e. The van der Waals surface area contributed by atoms with Crippen molar-refractivity contribution < 1.29 is 4.39 Å². The van der Waals surface area contributed by atoms with E-state index in [2.05, 4.69) is 17.3 Å². The van der Waals surface area contributed by atoms with Crippen LogP contribution in [-0.2, 0) is 0 Å². The first-order valence-electron chi connectivity index (χ1n) is 3.88. The van der Waals surface area contributed by atoms with E-state index >= 15 is 0 Å². The molecule has 1 aromatic rings. The second-order valence-electron chi connectivity index (χ2n) is 2.48. The molecule has 0 saturated heterocycles. The first kappa shape index (κ1) is 10.2. The molecule has 1 rings (SSSR count). The van der Waals surface area contributed by atoms with Crippen molar-refractivity contribution in [2.45, 2.75) is 19.4 Å². The zero-order valence-electron chi connectivity index (χ0n) is 7.30. The highest BCUT2D eigenvalue weighted by atomic mass is 32.1. The Balaban J connectivity index is 2.76. The third-order valence-electron chi connectivity index (χ3n) is 1.65. The van der Waals surface area contributed by atoms with E-state index in [0.717, 1.165) is 0 Å². The molecule has 0 aromatic carbocycles. The van der Waals surface area contributed by atoms with Crippen molar-refractivity contribution in [3.63, 3.8) is 0 Å². The molecule has 0 aliphatic heterocycles. The zero-order chi connectivity index (χ0) is 9.68. The highest BCUT2D eigenvalue weighted by Crippen LogP contribution is 2.24. The number of rotatable bonds is 3. The van der Waals surface area contributed by atoms with Gasteiger partial charge in [0.25, 0.3) is 0 Å². The van der Waals surface area contributed by atoms with Crippen LogP contribution in [0.4, 0.5) is 4.39 Å². The summed E-state index contributed by atoms with van der Waals surface area (Å²) in [6.07, 6.45) is 0.532. The molecular formula is C9H11FN2S. The Hall–Kier alpha value is -0.890. The highest BCUT2D eigenvalue weighted by molar-refractivity contribution is 7.10. The van der Waals surface area contributed by atoms with Crippen LogP contribution in [0, 0.1) is 17.7 Å². The molecule has 0 radical (unpaired) electrons. The average Bonchev–Trinajstić information content (AvgIpc) is 2.54. The second-order valence-corrected chi connectivity index (χ2v) is 3.43. The van der Waals surface area contributed by atoms with Gasteiger partial charge in [-0.2, -0.15) is 0 Å². The monoisotopic (exact) mass is 198 g/mol. The van der Waals surface area contributed by atoms with E-state index in [1.807, 2.05) is 0 Å². The summed E-state index contributed by atoms with van der Waals surface area (Å²) < 4.78 is 13.1. The average molecular weight is 198 g/mol. The van der Waals surface area contributed by atoms with Gasteiger partial charge in [-0.1, -0.05) is 0 Å². The summed E-state index contributed by atoms with van der Waals surface area (Å²) >= 11 is 1.35. The molecular weight excluding hydrogens is 187 g/mol. The van der Waals surface area contributed by atoms with Gasteiger partial charge >= 0.3 is 0 Å². The number of hydrogen-bond donors (Lipinski definition) is 2. The first-order chi connectivity index (χ1) is 6.29. The summed E-state index contributed by atoms with van der Waals surface area (Å²) in [7, 11) is 0. The molecule has 1 heterocycles. The van der Waals surface area contributed by atoms with Gasteiger partial charge in [0.1, 0.15) is 5.82 Å². The minimum Gasteiger partial charge on any atom is -0.271 e. The van der Waals surface area contributed by atoms with Crippen LogP contribution in [0.2, 0.25) is 0 Å². The molecule has 3 N–H and O–H groups in total. The van der Waals surface area contributed by atoms with Gasteiger partial charge in [0.2, 0.25) is 0 Å². The van der Waals surface area contributed by atoms with Crippen LogP contribution in [0.3, 0.4) is 0 Å². The van der Waals surface area contributed by atoms with E-state index in [-0.39, 0.29) is 11.9 Å². The van der Waals surface area contributed by atoms with Crippen LogP contribution in [-0.4, -0.2) is 0 Å². The van der Waals surface area contributed by atoms with Gasteiger partial charge in [-0.15, -0.1) is 23.2 Å². The van der Waals surface area contributed by atoms with Crippen LogP contribution in [0.5, 0.6) is 0 Å². The van der Waals surface area contributed by atoms with Crippen molar-refractivity contribution in [2.75, 3.05) is 0 Å². The fourth-order valence-corrected chi connectivity index (χ4v) is 1.82. The third kappa shape index (κ3) is 2.52. The Morgan fingerprint density at radius 1 is 1.77 bits per heavy atom. The highest BCUT2D eigenvalue weighted by Gasteiger charge is 2.14. The van der Waals surface area contributed by atoms with Crippen molar-refractivity contribution in [2.24, 2.45) is 5.84 Å². The van der Waals surface area contributed by atoms with Gasteiger partial charge in [-0.05, 0) is 18.4 Å². The SMILES string of the molecule is CC#CCC(NN)c1sccc1F. The lowest BCUT2D eigenvalue weighted by Crippen LogP contribution is -2.27. The lowest BCUT2D eigenvalue weighted by atomic mass is 10.2. The second kappa shape index (κ2) is 4.97. The van der Waals surface area contributed by atoms with Crippen LogP contribution in [0.15, 0.2) is 11.4 Å². The summed E-state index contributed by atoms with van der Waals surface area (Å²) in [4.78, 5) is 0.616. The van der Waals surface area contributed by atoms with E-state index in [4.69, 9.17) is 5.84 Å². The number of halogens is 1. The summed E-state index contributed by atoms with van der Waals surface area (Å²) in [5.41, 5.74) is 2.55. The fraction of sp³-hybridized carbons (Fsp3) is 0.333. The number of hydrazine groups is 1. The number of nitrogens with two attached hydrogens (primary N) is 1. The van der Waals surface area contributed by atoms with Gasteiger partial charge < -0.3 is 0 Å². The number of thiophene rings is 1. The lowest BCUT2D eigenvalue weighted by molar-refractivity contribution is 0.533. The molecule has 13 heavy (non-hydrogen) atoms. The molecule has 0 saturated carbocycles. The number of nitrogens with one attached hydrogen (secondary N) is 1. The Bertz CT molecular complexity index is 324. The van der Waals surface area contributed by atoms with E-state index in [1.54, 1.807) is 12.3 Å². The van der Waals surface area contributed by atoms with Crippen molar-refractivity contribution in [3.8, 4) is 11.8 Å². The summed E-state index contributed by atoms with van der Waals surface area (Å²) in [6, 6.07) is 1.23. The predicted molar refractivity (Wildman–Crippen MR) is 52.4 cm³/mol. The summed E-state index contributed by atoms with van der Waals surface area (Å²) in [6.45, 7) is 1.75. The molecule has 0 spiro atoms. The molecule has 2 nitrogen and oxygen atoms in total. The van der Waals surface area contributed by atoms with Gasteiger partial charge in [-0.25, -0.2) is 4.39 Å². The molecule has 70 valence electrons. The van der Waals surface area contributed by atoms with Crippen molar-refractivity contribution in [3.05, 3.63) is 22.1 Å². The Kier molecular flexibility index (Phi) is 3.90. The van der Waals surface area contributed by atoms with Crippen LogP contribution < -0.4 is 11.3 Å². The number of hydrogen-bond acceptors (Lipinski definition) is 3. The van der Waals surface area contributed by atoms with Gasteiger partial charge in [0.15, 0.2) is 0 Å². The third-order valence-corrected chi connectivity index (χ3v) is 2.65. The van der Waals surface area contributed by atoms with E-state index in [0.29, 0.717) is 11.3 Å². The Morgan fingerprint density at radius 2 is 2.54 bits per heavy atom. The minimum absolute atomic E-state index is 0.201. The molecule has 4 heteroatoms. The van der Waals surface area contributed by atoms with Crippen molar-refractivity contribution in [1.82, 2.24) is 5.43 Å². The predicted octanol–water partition coefficient (Wildman–Crippen LogP) is 1.81. The van der Waals surface area contributed by atoms with Gasteiger partial charge in [-0.3, -0.25) is 11.3 Å².